The number of fused-ring (bicyclic) bond motifs is 1. The topological polar surface area (TPSA) is 198 Å². The zero-order chi connectivity index (χ0) is 29.8. The van der Waals surface area contributed by atoms with Crippen molar-refractivity contribution in [3.8, 4) is 11.8 Å². The summed E-state index contributed by atoms with van der Waals surface area (Å²) in [5, 5.41) is 25.7. The van der Waals surface area contributed by atoms with E-state index in [4.69, 9.17) is 21.6 Å². The van der Waals surface area contributed by atoms with Gasteiger partial charge in [0.1, 0.15) is 23.3 Å². The molecule has 0 aliphatic rings. The van der Waals surface area contributed by atoms with Gasteiger partial charge < -0.3 is 27.2 Å². The second kappa shape index (κ2) is 11.6. The molecule has 3 aromatic carbocycles. The third kappa shape index (κ3) is 5.39. The van der Waals surface area contributed by atoms with Gasteiger partial charge in [-0.2, -0.15) is 15.2 Å². The zero-order valence-corrected chi connectivity index (χ0v) is 22.6. The number of nitriles is 1. The molecule has 0 aliphatic carbocycles. The van der Waals surface area contributed by atoms with E-state index in [2.05, 4.69) is 20.6 Å². The lowest BCUT2D eigenvalue weighted by Crippen LogP contribution is -2.29. The second-order valence-corrected chi connectivity index (χ2v) is 9.41. The molecular formula is C30H27N9O3. The number of carboxylic acids is 1. The molecule has 2 aromatic heterocycles. The molecule has 5 aromatic rings. The van der Waals surface area contributed by atoms with Crippen LogP contribution < -0.4 is 27.7 Å². The molecule has 0 spiro atoms. The van der Waals surface area contributed by atoms with Crippen molar-refractivity contribution in [2.75, 3.05) is 22.1 Å². The molecule has 7 N–H and O–H groups in total. The quantitative estimate of drug-likeness (QED) is 0.174. The van der Waals surface area contributed by atoms with Gasteiger partial charge in [0.2, 0.25) is 5.95 Å². The third-order valence-corrected chi connectivity index (χ3v) is 6.72. The minimum absolute atomic E-state index is 0.0416. The van der Waals surface area contributed by atoms with Gasteiger partial charge in [0.05, 0.1) is 28.2 Å². The highest BCUT2D eigenvalue weighted by molar-refractivity contribution is 5.91. The normalized spacial score (nSPS) is 11.5. The van der Waals surface area contributed by atoms with Crippen LogP contribution in [0.3, 0.4) is 0 Å². The average molecular weight is 562 g/mol. The smallest absolute Gasteiger partial charge is 0.335 e. The van der Waals surface area contributed by atoms with Crippen molar-refractivity contribution in [3.63, 3.8) is 0 Å². The van der Waals surface area contributed by atoms with E-state index < -0.39 is 12.0 Å². The summed E-state index contributed by atoms with van der Waals surface area (Å²) in [7, 11) is 0. The molecule has 1 atom stereocenters. The van der Waals surface area contributed by atoms with Crippen LogP contribution in [0.4, 0.5) is 23.3 Å². The molecule has 0 aliphatic heterocycles. The molecule has 1 unspecified atom stereocenters. The zero-order valence-electron chi connectivity index (χ0n) is 22.6. The molecule has 0 radical (unpaired) electrons. The predicted molar refractivity (Wildman–Crippen MR) is 160 cm³/mol. The van der Waals surface area contributed by atoms with Gasteiger partial charge in [0, 0.05) is 12.2 Å². The standard InChI is InChI=1S/C30H27N9O3/c1-2-21(35-26-20(15-31)25(32)37-30(33)38-26)27-36-23-10-6-9-22(34-16-17-11-13-18(14-12-17)29(41)42)24(23)28(40)39(27)19-7-4-3-5-8-19/h3-14,21,34H,2,16H2,1H3,(H,41,42)(H5,32,33,35,37,38). The SMILES string of the molecule is CCC(Nc1nc(N)nc(N)c1C#N)c1nc2cccc(NCc3ccc(C(=O)O)cc3)c2c(=O)n1-c1ccccc1. The number of carboxylic acid groups (broad SMARTS) is 1. The summed E-state index contributed by atoms with van der Waals surface area (Å²) in [5.41, 5.74) is 14.2. The van der Waals surface area contributed by atoms with E-state index in [1.807, 2.05) is 43.3 Å². The number of rotatable bonds is 9. The fourth-order valence-electron chi connectivity index (χ4n) is 4.64. The van der Waals surface area contributed by atoms with Gasteiger partial charge in [0.25, 0.3) is 5.56 Å². The lowest BCUT2D eigenvalue weighted by molar-refractivity contribution is 0.0697. The maximum absolute atomic E-state index is 14.3. The van der Waals surface area contributed by atoms with Crippen molar-refractivity contribution in [1.82, 2.24) is 19.5 Å². The van der Waals surface area contributed by atoms with Crippen LogP contribution in [0.25, 0.3) is 16.6 Å². The molecule has 0 bridgehead atoms. The molecule has 12 heteroatoms. The molecule has 0 saturated carbocycles. The van der Waals surface area contributed by atoms with Crippen molar-refractivity contribution in [3.05, 3.63) is 106 Å². The van der Waals surface area contributed by atoms with E-state index in [9.17, 15) is 14.9 Å². The molecule has 42 heavy (non-hydrogen) atoms. The van der Waals surface area contributed by atoms with Crippen LogP contribution in [0.1, 0.15) is 46.7 Å². The summed E-state index contributed by atoms with van der Waals surface area (Å²) in [6, 6.07) is 22.5. The number of hydrogen-bond donors (Lipinski definition) is 5. The number of nitrogens with zero attached hydrogens (tertiary/aromatic N) is 5. The summed E-state index contributed by atoms with van der Waals surface area (Å²) in [6.07, 6.45) is 0.476. The lowest BCUT2D eigenvalue weighted by atomic mass is 10.1. The highest BCUT2D eigenvalue weighted by atomic mass is 16.4. The van der Waals surface area contributed by atoms with Crippen LogP contribution in [-0.4, -0.2) is 30.6 Å². The van der Waals surface area contributed by atoms with Gasteiger partial charge in [-0.3, -0.25) is 9.36 Å². The summed E-state index contributed by atoms with van der Waals surface area (Å²) >= 11 is 0. The van der Waals surface area contributed by atoms with E-state index in [1.54, 1.807) is 30.3 Å². The maximum Gasteiger partial charge on any atom is 0.335 e. The molecule has 2 heterocycles. The number of aromatic carboxylic acids is 1. The monoisotopic (exact) mass is 561 g/mol. The number of aromatic nitrogens is 4. The Kier molecular flexibility index (Phi) is 7.65. The Morgan fingerprint density at radius 2 is 1.76 bits per heavy atom. The van der Waals surface area contributed by atoms with Gasteiger partial charge in [-0.05, 0) is 48.4 Å². The van der Waals surface area contributed by atoms with Crippen LogP contribution in [-0.2, 0) is 6.54 Å². The molecule has 0 fully saturated rings. The summed E-state index contributed by atoms with van der Waals surface area (Å²) < 4.78 is 1.54. The first-order chi connectivity index (χ1) is 20.3. The number of benzene rings is 3. The van der Waals surface area contributed by atoms with E-state index in [0.29, 0.717) is 41.1 Å². The van der Waals surface area contributed by atoms with E-state index >= 15 is 0 Å². The van der Waals surface area contributed by atoms with Crippen molar-refractivity contribution < 1.29 is 9.90 Å². The average Bonchev–Trinajstić information content (AvgIpc) is 2.99. The van der Waals surface area contributed by atoms with E-state index in [-0.39, 0.29) is 34.3 Å². The minimum atomic E-state index is -0.998. The van der Waals surface area contributed by atoms with Crippen LogP contribution in [0.2, 0.25) is 0 Å². The van der Waals surface area contributed by atoms with Crippen LogP contribution in [0, 0.1) is 11.3 Å². The van der Waals surface area contributed by atoms with Crippen LogP contribution in [0.15, 0.2) is 77.6 Å². The van der Waals surface area contributed by atoms with Crippen LogP contribution in [0.5, 0.6) is 0 Å². The number of nitrogens with two attached hydrogens (primary N) is 2. The Balaban J connectivity index is 1.62. The molecule has 210 valence electrons. The Bertz CT molecular complexity index is 1880. The third-order valence-electron chi connectivity index (χ3n) is 6.72. The summed E-state index contributed by atoms with van der Waals surface area (Å²) in [4.78, 5) is 38.5. The Labute approximate surface area is 240 Å². The highest BCUT2D eigenvalue weighted by Crippen LogP contribution is 2.28. The number of carbonyl (C=O) groups is 1. The number of anilines is 4. The highest BCUT2D eigenvalue weighted by Gasteiger charge is 2.24. The van der Waals surface area contributed by atoms with Crippen molar-refractivity contribution in [1.29, 1.82) is 5.26 Å². The Morgan fingerprint density at radius 1 is 1.02 bits per heavy atom. The van der Waals surface area contributed by atoms with E-state index in [1.165, 1.54) is 16.7 Å². The first kappa shape index (κ1) is 27.6. The van der Waals surface area contributed by atoms with Crippen LogP contribution >= 0.6 is 0 Å². The number of para-hydroxylation sites is 1. The van der Waals surface area contributed by atoms with Gasteiger partial charge in [0.15, 0.2) is 5.82 Å². The number of hydrogen-bond acceptors (Lipinski definition) is 10. The summed E-state index contributed by atoms with van der Waals surface area (Å²) in [6.45, 7) is 2.27. The molecule has 5 rings (SSSR count). The Hall–Kier alpha value is -5.96. The first-order valence-electron chi connectivity index (χ1n) is 13.1. The molecule has 0 amide bonds. The largest absolute Gasteiger partial charge is 0.478 e. The molecule has 12 nitrogen and oxygen atoms in total. The fourth-order valence-corrected chi connectivity index (χ4v) is 4.64. The summed E-state index contributed by atoms with van der Waals surface area (Å²) in [5.74, 6) is -0.594. The first-order valence-corrected chi connectivity index (χ1v) is 13.1. The maximum atomic E-state index is 14.3. The van der Waals surface area contributed by atoms with E-state index in [0.717, 1.165) is 5.56 Å². The number of nitrogen functional groups attached to an aromatic ring is 2. The predicted octanol–water partition coefficient (Wildman–Crippen LogP) is 4.09. The molecular weight excluding hydrogens is 534 g/mol. The van der Waals surface area contributed by atoms with Gasteiger partial charge >= 0.3 is 5.97 Å². The Morgan fingerprint density at radius 3 is 2.43 bits per heavy atom. The van der Waals surface area contributed by atoms with Crippen molar-refractivity contribution in [2.24, 2.45) is 0 Å². The van der Waals surface area contributed by atoms with Crippen molar-refractivity contribution in [2.45, 2.75) is 25.9 Å². The lowest BCUT2D eigenvalue weighted by Gasteiger charge is -2.23. The van der Waals surface area contributed by atoms with Gasteiger partial charge in [-0.15, -0.1) is 0 Å². The second-order valence-electron chi connectivity index (χ2n) is 9.41. The number of nitrogens with one attached hydrogen (secondary N) is 2. The minimum Gasteiger partial charge on any atom is -0.478 e. The molecule has 0 saturated heterocycles. The fraction of sp³-hybridized carbons (Fsp3) is 0.133. The van der Waals surface area contributed by atoms with Crippen molar-refractivity contribution >= 4 is 40.1 Å². The van der Waals surface area contributed by atoms with Gasteiger partial charge in [-0.1, -0.05) is 43.3 Å². The van der Waals surface area contributed by atoms with Gasteiger partial charge in [-0.25, -0.2) is 9.78 Å².